The highest BCUT2D eigenvalue weighted by molar-refractivity contribution is 5.81. The summed E-state index contributed by atoms with van der Waals surface area (Å²) in [6.07, 6.45) is 0.700. The lowest BCUT2D eigenvalue weighted by Gasteiger charge is -2.30. The molecule has 0 spiro atoms. The number of likely N-dealkylation sites (tertiary alicyclic amines) is 1. The molecule has 1 saturated heterocycles. The van der Waals surface area contributed by atoms with Gasteiger partial charge in [0, 0.05) is 18.9 Å². The molecule has 0 amide bonds. The molecular formula is C11H23N2O2+. The molecule has 1 fully saturated rings. The van der Waals surface area contributed by atoms with Crippen LogP contribution in [0.5, 0.6) is 0 Å². The van der Waals surface area contributed by atoms with Gasteiger partial charge < -0.3 is 15.3 Å². The van der Waals surface area contributed by atoms with Crippen molar-refractivity contribution in [1.82, 2.24) is 0 Å². The van der Waals surface area contributed by atoms with Crippen LogP contribution in [0.25, 0.3) is 0 Å². The Morgan fingerprint density at radius 1 is 1.60 bits per heavy atom. The van der Waals surface area contributed by atoms with Gasteiger partial charge in [0.25, 0.3) is 0 Å². The predicted molar refractivity (Wildman–Crippen MR) is 59.3 cm³/mol. The highest BCUT2D eigenvalue weighted by atomic mass is 16.3. The van der Waals surface area contributed by atoms with Crippen molar-refractivity contribution < 1.29 is 14.4 Å². The number of carbonyl (C=O) groups is 1. The average molecular weight is 215 g/mol. The second kappa shape index (κ2) is 4.20. The van der Waals surface area contributed by atoms with E-state index in [0.29, 0.717) is 24.0 Å². The third-order valence-corrected chi connectivity index (χ3v) is 3.35. The van der Waals surface area contributed by atoms with Gasteiger partial charge in [0.05, 0.1) is 13.6 Å². The quantitative estimate of drug-likeness (QED) is 0.636. The van der Waals surface area contributed by atoms with E-state index in [2.05, 4.69) is 0 Å². The lowest BCUT2D eigenvalue weighted by atomic mass is 10.0. The summed E-state index contributed by atoms with van der Waals surface area (Å²) in [6.45, 7) is 6.07. The minimum absolute atomic E-state index is 0.0755. The first kappa shape index (κ1) is 12.6. The molecule has 4 nitrogen and oxygen atoms in total. The number of hydrogen-bond acceptors (Lipinski definition) is 3. The summed E-state index contributed by atoms with van der Waals surface area (Å²) in [6, 6.07) is 0. The molecular weight excluding hydrogens is 192 g/mol. The lowest BCUT2D eigenvalue weighted by Crippen LogP contribution is -2.51. The van der Waals surface area contributed by atoms with Gasteiger partial charge in [-0.2, -0.15) is 0 Å². The molecule has 2 atom stereocenters. The number of ketones is 1. The van der Waals surface area contributed by atoms with E-state index in [-0.39, 0.29) is 18.2 Å². The third-order valence-electron chi connectivity index (χ3n) is 3.35. The predicted octanol–water partition coefficient (Wildman–Crippen LogP) is -0.248. The van der Waals surface area contributed by atoms with E-state index in [0.717, 1.165) is 6.54 Å². The minimum Gasteiger partial charge on any atom is -0.382 e. The molecule has 88 valence electrons. The van der Waals surface area contributed by atoms with Crippen LogP contribution < -0.4 is 5.73 Å². The Morgan fingerprint density at radius 3 is 2.60 bits per heavy atom. The van der Waals surface area contributed by atoms with Crippen molar-refractivity contribution in [3.05, 3.63) is 0 Å². The van der Waals surface area contributed by atoms with Crippen molar-refractivity contribution in [2.75, 3.05) is 33.2 Å². The fourth-order valence-corrected chi connectivity index (χ4v) is 2.21. The maximum Gasteiger partial charge on any atom is 0.189 e. The Bertz CT molecular complexity index is 255. The highest BCUT2D eigenvalue weighted by Gasteiger charge is 2.45. The fraction of sp³-hybridized carbons (Fsp3) is 0.909. The van der Waals surface area contributed by atoms with Crippen LogP contribution in [0.4, 0.5) is 0 Å². The fourth-order valence-electron chi connectivity index (χ4n) is 2.21. The molecule has 1 rings (SSSR count). The van der Waals surface area contributed by atoms with Crippen LogP contribution in [-0.4, -0.2) is 54.2 Å². The van der Waals surface area contributed by atoms with Crippen molar-refractivity contribution in [2.45, 2.75) is 25.9 Å². The van der Waals surface area contributed by atoms with Gasteiger partial charge in [0.2, 0.25) is 0 Å². The Kier molecular flexibility index (Phi) is 3.53. The lowest BCUT2D eigenvalue weighted by molar-refractivity contribution is -0.892. The van der Waals surface area contributed by atoms with Crippen molar-refractivity contribution >= 4 is 5.78 Å². The van der Waals surface area contributed by atoms with Crippen LogP contribution >= 0.6 is 0 Å². The van der Waals surface area contributed by atoms with E-state index < -0.39 is 5.60 Å². The standard InChI is InChI=1S/C11H23N2O2/c1-9(2)10(14)6-13(3)5-4-11(15,7-12)8-13/h9,15H,4-8,12H2,1-3H3/q+1. The van der Waals surface area contributed by atoms with Crippen molar-refractivity contribution in [3.8, 4) is 0 Å². The first-order chi connectivity index (χ1) is 6.80. The molecule has 0 aromatic rings. The van der Waals surface area contributed by atoms with E-state index in [1.54, 1.807) is 0 Å². The maximum absolute atomic E-state index is 11.7. The van der Waals surface area contributed by atoms with Gasteiger partial charge in [-0.05, 0) is 0 Å². The molecule has 1 heterocycles. The molecule has 0 radical (unpaired) electrons. The summed E-state index contributed by atoms with van der Waals surface area (Å²) in [5.41, 5.74) is 4.78. The Labute approximate surface area is 91.6 Å². The average Bonchev–Trinajstić information content (AvgIpc) is 2.43. The molecule has 0 bridgehead atoms. The van der Waals surface area contributed by atoms with Gasteiger partial charge in [0.1, 0.15) is 18.7 Å². The molecule has 0 saturated carbocycles. The van der Waals surface area contributed by atoms with E-state index >= 15 is 0 Å². The minimum atomic E-state index is -0.758. The Balaban J connectivity index is 2.60. The summed E-state index contributed by atoms with van der Waals surface area (Å²) in [5.74, 6) is 0.338. The number of Topliss-reactive ketones (excluding diaryl/α,β-unsaturated/α-hetero) is 1. The topological polar surface area (TPSA) is 63.3 Å². The number of rotatable bonds is 4. The largest absolute Gasteiger partial charge is 0.382 e. The maximum atomic E-state index is 11.7. The van der Waals surface area contributed by atoms with Crippen LogP contribution in [0.15, 0.2) is 0 Å². The highest BCUT2D eigenvalue weighted by Crippen LogP contribution is 2.25. The zero-order valence-electron chi connectivity index (χ0n) is 9.99. The number of aliphatic hydroxyl groups is 1. The van der Waals surface area contributed by atoms with Gasteiger partial charge in [-0.15, -0.1) is 0 Å². The molecule has 15 heavy (non-hydrogen) atoms. The van der Waals surface area contributed by atoms with Crippen LogP contribution in [-0.2, 0) is 4.79 Å². The Hall–Kier alpha value is -0.450. The van der Waals surface area contributed by atoms with Gasteiger partial charge in [-0.1, -0.05) is 13.8 Å². The second-order valence-corrected chi connectivity index (χ2v) is 5.46. The third kappa shape index (κ3) is 3.00. The summed E-state index contributed by atoms with van der Waals surface area (Å²) < 4.78 is 0.630. The van der Waals surface area contributed by atoms with Crippen molar-refractivity contribution in [3.63, 3.8) is 0 Å². The van der Waals surface area contributed by atoms with Gasteiger partial charge >= 0.3 is 0 Å². The summed E-state index contributed by atoms with van der Waals surface area (Å²) in [7, 11) is 2.02. The van der Waals surface area contributed by atoms with E-state index in [1.807, 2.05) is 20.9 Å². The molecule has 0 aromatic heterocycles. The van der Waals surface area contributed by atoms with Crippen LogP contribution in [0, 0.1) is 5.92 Å². The van der Waals surface area contributed by atoms with Crippen LogP contribution in [0.3, 0.4) is 0 Å². The molecule has 3 N–H and O–H groups in total. The molecule has 2 unspecified atom stereocenters. The zero-order chi connectivity index (χ0) is 11.7. The number of likely N-dealkylation sites (N-methyl/N-ethyl adjacent to an activating group) is 1. The van der Waals surface area contributed by atoms with Gasteiger partial charge in [-0.3, -0.25) is 4.79 Å². The number of hydrogen-bond donors (Lipinski definition) is 2. The molecule has 1 aliphatic heterocycles. The molecule has 0 aromatic carbocycles. The summed E-state index contributed by atoms with van der Waals surface area (Å²) in [5, 5.41) is 10.0. The summed E-state index contributed by atoms with van der Waals surface area (Å²) >= 11 is 0. The van der Waals surface area contributed by atoms with E-state index in [1.165, 1.54) is 0 Å². The van der Waals surface area contributed by atoms with E-state index in [4.69, 9.17) is 5.73 Å². The van der Waals surface area contributed by atoms with E-state index in [9.17, 15) is 9.90 Å². The van der Waals surface area contributed by atoms with Gasteiger partial charge in [-0.25, -0.2) is 0 Å². The smallest absolute Gasteiger partial charge is 0.189 e. The first-order valence-corrected chi connectivity index (χ1v) is 5.59. The monoisotopic (exact) mass is 215 g/mol. The molecule has 0 aliphatic carbocycles. The first-order valence-electron chi connectivity index (χ1n) is 5.59. The van der Waals surface area contributed by atoms with Crippen LogP contribution in [0.1, 0.15) is 20.3 Å². The Morgan fingerprint density at radius 2 is 2.20 bits per heavy atom. The number of carbonyl (C=O) groups excluding carboxylic acids is 1. The molecule has 1 aliphatic rings. The normalized spacial score (nSPS) is 36.1. The zero-order valence-corrected chi connectivity index (χ0v) is 9.99. The van der Waals surface area contributed by atoms with Gasteiger partial charge in [0.15, 0.2) is 5.78 Å². The number of nitrogens with zero attached hydrogens (tertiary/aromatic N) is 1. The van der Waals surface area contributed by atoms with Crippen molar-refractivity contribution in [2.24, 2.45) is 11.7 Å². The van der Waals surface area contributed by atoms with Crippen molar-refractivity contribution in [1.29, 1.82) is 0 Å². The SMILES string of the molecule is CC(C)C(=O)C[N+]1(C)CCC(O)(CN)C1. The second-order valence-electron chi connectivity index (χ2n) is 5.46. The van der Waals surface area contributed by atoms with Crippen LogP contribution in [0.2, 0.25) is 0 Å². The summed E-state index contributed by atoms with van der Waals surface area (Å²) in [4.78, 5) is 11.7. The number of quaternary nitrogens is 1. The molecule has 4 heteroatoms. The number of nitrogens with two attached hydrogens (primary N) is 1.